The standard InChI is InChI=1S/C12H13N3S/c1-8-3-4-10(7-11(8)13)16-12-14-6-5-9(2)15-12/h3-7H,13H2,1-2H3. The summed E-state index contributed by atoms with van der Waals surface area (Å²) in [6, 6.07) is 7.87. The number of nitrogen functional groups attached to an aromatic ring is 1. The summed E-state index contributed by atoms with van der Waals surface area (Å²) in [5.74, 6) is 0. The minimum Gasteiger partial charge on any atom is -0.398 e. The first-order chi connectivity index (χ1) is 7.65. The normalized spacial score (nSPS) is 10.4. The Labute approximate surface area is 99.1 Å². The number of aromatic nitrogens is 2. The average Bonchev–Trinajstić information content (AvgIpc) is 2.24. The molecule has 0 fully saturated rings. The van der Waals surface area contributed by atoms with Crippen molar-refractivity contribution in [3.8, 4) is 0 Å². The molecule has 4 heteroatoms. The molecule has 0 saturated heterocycles. The van der Waals surface area contributed by atoms with Crippen LogP contribution in [0.5, 0.6) is 0 Å². The number of anilines is 1. The molecule has 0 aliphatic heterocycles. The molecule has 1 heterocycles. The van der Waals surface area contributed by atoms with E-state index < -0.39 is 0 Å². The van der Waals surface area contributed by atoms with E-state index in [4.69, 9.17) is 5.73 Å². The van der Waals surface area contributed by atoms with E-state index in [0.717, 1.165) is 27.0 Å². The Kier molecular flexibility index (Phi) is 3.10. The lowest BCUT2D eigenvalue weighted by Gasteiger charge is -2.04. The van der Waals surface area contributed by atoms with Crippen LogP contribution in [0.4, 0.5) is 5.69 Å². The van der Waals surface area contributed by atoms with E-state index in [1.165, 1.54) is 11.8 Å². The summed E-state index contributed by atoms with van der Waals surface area (Å²) in [6.45, 7) is 3.95. The highest BCUT2D eigenvalue weighted by molar-refractivity contribution is 7.99. The van der Waals surface area contributed by atoms with Crippen LogP contribution < -0.4 is 5.73 Å². The third-order valence-corrected chi connectivity index (χ3v) is 3.10. The van der Waals surface area contributed by atoms with Gasteiger partial charge in [-0.15, -0.1) is 0 Å². The van der Waals surface area contributed by atoms with Gasteiger partial charge in [0.2, 0.25) is 0 Å². The lowest BCUT2D eigenvalue weighted by molar-refractivity contribution is 0.932. The summed E-state index contributed by atoms with van der Waals surface area (Å²) in [5, 5.41) is 0.753. The predicted octanol–water partition coefficient (Wildman–Crippen LogP) is 2.83. The molecule has 1 aromatic heterocycles. The second kappa shape index (κ2) is 4.53. The number of hydrogen-bond donors (Lipinski definition) is 1. The van der Waals surface area contributed by atoms with Crippen molar-refractivity contribution in [3.63, 3.8) is 0 Å². The second-order valence-corrected chi connectivity index (χ2v) is 4.64. The lowest BCUT2D eigenvalue weighted by atomic mass is 10.2. The molecule has 82 valence electrons. The van der Waals surface area contributed by atoms with E-state index in [1.807, 2.05) is 38.1 Å². The summed E-state index contributed by atoms with van der Waals surface area (Å²) in [5.41, 5.74) is 8.72. The van der Waals surface area contributed by atoms with Crippen molar-refractivity contribution in [2.45, 2.75) is 23.9 Å². The predicted molar refractivity (Wildman–Crippen MR) is 66.5 cm³/mol. The fourth-order valence-electron chi connectivity index (χ4n) is 1.26. The number of benzene rings is 1. The van der Waals surface area contributed by atoms with Gasteiger partial charge in [0.25, 0.3) is 0 Å². The molecule has 0 unspecified atom stereocenters. The Morgan fingerprint density at radius 1 is 1.19 bits per heavy atom. The van der Waals surface area contributed by atoms with Crippen molar-refractivity contribution in [1.82, 2.24) is 9.97 Å². The quantitative estimate of drug-likeness (QED) is 0.638. The molecule has 3 nitrogen and oxygen atoms in total. The summed E-state index contributed by atoms with van der Waals surface area (Å²) in [6.07, 6.45) is 1.77. The van der Waals surface area contributed by atoms with E-state index in [0.29, 0.717) is 0 Å². The van der Waals surface area contributed by atoms with E-state index in [-0.39, 0.29) is 0 Å². The van der Waals surface area contributed by atoms with Gasteiger partial charge >= 0.3 is 0 Å². The molecular formula is C12H13N3S. The van der Waals surface area contributed by atoms with E-state index in [2.05, 4.69) is 9.97 Å². The Bertz CT molecular complexity index is 511. The van der Waals surface area contributed by atoms with Gasteiger partial charge in [0.15, 0.2) is 5.16 Å². The fraction of sp³-hybridized carbons (Fsp3) is 0.167. The van der Waals surface area contributed by atoms with E-state index in [9.17, 15) is 0 Å². The van der Waals surface area contributed by atoms with Crippen LogP contribution in [0.1, 0.15) is 11.3 Å². The van der Waals surface area contributed by atoms with Crippen LogP contribution in [0, 0.1) is 13.8 Å². The van der Waals surface area contributed by atoms with Gasteiger partial charge in [-0.25, -0.2) is 9.97 Å². The Hall–Kier alpha value is -1.55. The van der Waals surface area contributed by atoms with Crippen molar-refractivity contribution in [2.24, 2.45) is 0 Å². The minimum atomic E-state index is 0.753. The maximum atomic E-state index is 5.85. The number of rotatable bonds is 2. The topological polar surface area (TPSA) is 51.8 Å². The van der Waals surface area contributed by atoms with Gasteiger partial charge in [0, 0.05) is 22.5 Å². The number of hydrogen-bond acceptors (Lipinski definition) is 4. The fourth-order valence-corrected chi connectivity index (χ4v) is 2.10. The molecule has 2 aromatic rings. The highest BCUT2D eigenvalue weighted by Crippen LogP contribution is 2.27. The lowest BCUT2D eigenvalue weighted by Crippen LogP contribution is -1.91. The summed E-state index contributed by atoms with van der Waals surface area (Å²) < 4.78 is 0. The van der Waals surface area contributed by atoms with Gasteiger partial charge in [-0.2, -0.15) is 0 Å². The zero-order chi connectivity index (χ0) is 11.5. The summed E-state index contributed by atoms with van der Waals surface area (Å²) in [4.78, 5) is 9.59. The molecule has 0 spiro atoms. The molecule has 16 heavy (non-hydrogen) atoms. The summed E-state index contributed by atoms with van der Waals surface area (Å²) >= 11 is 1.52. The van der Waals surface area contributed by atoms with Crippen molar-refractivity contribution < 1.29 is 0 Å². The smallest absolute Gasteiger partial charge is 0.192 e. The Morgan fingerprint density at radius 2 is 2.00 bits per heavy atom. The molecule has 0 bridgehead atoms. The first-order valence-electron chi connectivity index (χ1n) is 4.99. The van der Waals surface area contributed by atoms with Gasteiger partial charge < -0.3 is 5.73 Å². The van der Waals surface area contributed by atoms with Crippen LogP contribution >= 0.6 is 11.8 Å². The summed E-state index contributed by atoms with van der Waals surface area (Å²) in [7, 11) is 0. The SMILES string of the molecule is Cc1ccnc(Sc2ccc(C)c(N)c2)n1. The van der Waals surface area contributed by atoms with Crippen LogP contribution in [-0.2, 0) is 0 Å². The monoisotopic (exact) mass is 231 g/mol. The Morgan fingerprint density at radius 3 is 2.69 bits per heavy atom. The highest BCUT2D eigenvalue weighted by atomic mass is 32.2. The minimum absolute atomic E-state index is 0.753. The molecule has 1 aromatic carbocycles. The Balaban J connectivity index is 2.24. The maximum absolute atomic E-state index is 5.85. The molecular weight excluding hydrogens is 218 g/mol. The van der Waals surface area contributed by atoms with Crippen LogP contribution in [-0.4, -0.2) is 9.97 Å². The third-order valence-electron chi connectivity index (χ3n) is 2.23. The first kappa shape index (κ1) is 11.0. The maximum Gasteiger partial charge on any atom is 0.192 e. The van der Waals surface area contributed by atoms with Gasteiger partial charge in [0.05, 0.1) is 0 Å². The van der Waals surface area contributed by atoms with Crippen LogP contribution in [0.2, 0.25) is 0 Å². The number of nitrogens with two attached hydrogens (primary N) is 1. The molecule has 0 saturated carbocycles. The highest BCUT2D eigenvalue weighted by Gasteiger charge is 2.02. The number of aryl methyl sites for hydroxylation is 2. The van der Waals surface area contributed by atoms with Crippen LogP contribution in [0.25, 0.3) is 0 Å². The largest absolute Gasteiger partial charge is 0.398 e. The molecule has 2 rings (SSSR count). The zero-order valence-corrected chi connectivity index (χ0v) is 10.1. The van der Waals surface area contributed by atoms with Crippen molar-refractivity contribution in [1.29, 1.82) is 0 Å². The van der Waals surface area contributed by atoms with Crippen LogP contribution in [0.3, 0.4) is 0 Å². The van der Waals surface area contributed by atoms with Crippen molar-refractivity contribution in [3.05, 3.63) is 41.7 Å². The van der Waals surface area contributed by atoms with E-state index in [1.54, 1.807) is 6.20 Å². The molecule has 0 amide bonds. The van der Waals surface area contributed by atoms with E-state index >= 15 is 0 Å². The van der Waals surface area contributed by atoms with Gasteiger partial charge in [-0.1, -0.05) is 6.07 Å². The van der Waals surface area contributed by atoms with Gasteiger partial charge in [-0.3, -0.25) is 0 Å². The molecule has 0 aliphatic carbocycles. The molecule has 0 radical (unpaired) electrons. The van der Waals surface area contributed by atoms with Gasteiger partial charge in [-0.05, 0) is 49.4 Å². The van der Waals surface area contributed by atoms with Gasteiger partial charge in [0.1, 0.15) is 0 Å². The number of nitrogens with zero attached hydrogens (tertiary/aromatic N) is 2. The molecule has 0 atom stereocenters. The molecule has 2 N–H and O–H groups in total. The zero-order valence-electron chi connectivity index (χ0n) is 9.27. The average molecular weight is 231 g/mol. The van der Waals surface area contributed by atoms with Crippen molar-refractivity contribution >= 4 is 17.4 Å². The van der Waals surface area contributed by atoms with Crippen molar-refractivity contribution in [2.75, 3.05) is 5.73 Å². The first-order valence-corrected chi connectivity index (χ1v) is 5.80. The molecule has 0 aliphatic rings. The van der Waals surface area contributed by atoms with Crippen LogP contribution in [0.15, 0.2) is 40.5 Å². The third kappa shape index (κ3) is 2.52. The second-order valence-electron chi connectivity index (χ2n) is 3.60.